The van der Waals surface area contributed by atoms with Crippen molar-refractivity contribution in [2.24, 2.45) is 0 Å². The zero-order valence-corrected chi connectivity index (χ0v) is 9.22. The van der Waals surface area contributed by atoms with E-state index in [-0.39, 0.29) is 5.56 Å². The second-order valence-electron chi connectivity index (χ2n) is 3.76. The van der Waals surface area contributed by atoms with Crippen LogP contribution >= 0.6 is 0 Å². The van der Waals surface area contributed by atoms with Gasteiger partial charge in [0.1, 0.15) is 0 Å². The molecule has 1 rings (SSSR count). The summed E-state index contributed by atoms with van der Waals surface area (Å²) in [4.78, 5) is 10.6. The molecule has 0 saturated heterocycles. The molecule has 0 spiro atoms. The van der Waals surface area contributed by atoms with Crippen LogP contribution in [0.15, 0.2) is 24.3 Å². The second kappa shape index (κ2) is 5.20. The van der Waals surface area contributed by atoms with Crippen LogP contribution in [0.3, 0.4) is 0 Å². The lowest BCUT2D eigenvalue weighted by Crippen LogP contribution is -2.24. The van der Waals surface area contributed by atoms with E-state index in [9.17, 15) is 36.2 Å². The Morgan fingerprint density at radius 1 is 1.05 bits per heavy atom. The number of Topliss-reactive ketones (excluding diaryl/α,β-unsaturated/α-hetero) is 1. The lowest BCUT2D eigenvalue weighted by Gasteiger charge is -2.13. The number of carbonyl (C=O) groups is 1. The van der Waals surface area contributed by atoms with Crippen molar-refractivity contribution in [3.63, 3.8) is 0 Å². The maximum absolute atomic E-state index is 12.2. The van der Waals surface area contributed by atoms with Gasteiger partial charge >= 0.3 is 12.4 Å². The molecule has 0 aliphatic heterocycles. The molecule has 0 heterocycles. The highest BCUT2D eigenvalue weighted by molar-refractivity contribution is 5.84. The van der Waals surface area contributed by atoms with Gasteiger partial charge in [-0.1, -0.05) is 12.1 Å². The van der Waals surface area contributed by atoms with Gasteiger partial charge in [0.15, 0.2) is 0 Å². The standard InChI is InChI=1S/C11H8F6O2/c12-10(13,14)7-3-1-6(2-4-7)8(18)5-9(19)11(15,16)17/h1-4,8,18H,5H2. The Balaban J connectivity index is 2.79. The van der Waals surface area contributed by atoms with Crippen molar-refractivity contribution in [2.45, 2.75) is 24.9 Å². The molecule has 0 aliphatic rings. The van der Waals surface area contributed by atoms with E-state index in [1.807, 2.05) is 0 Å². The summed E-state index contributed by atoms with van der Waals surface area (Å²) in [5.74, 6) is -2.14. The van der Waals surface area contributed by atoms with E-state index in [4.69, 9.17) is 0 Å². The molecule has 106 valence electrons. The first-order valence-corrected chi connectivity index (χ1v) is 4.97. The van der Waals surface area contributed by atoms with Gasteiger partial charge in [0.2, 0.25) is 5.78 Å². The molecule has 1 aromatic carbocycles. The summed E-state index contributed by atoms with van der Waals surface area (Å²) in [5.41, 5.74) is -1.18. The Labute approximate surface area is 103 Å². The molecule has 0 aromatic heterocycles. The third-order valence-corrected chi connectivity index (χ3v) is 2.32. The van der Waals surface area contributed by atoms with Gasteiger partial charge in [0, 0.05) is 6.42 Å². The van der Waals surface area contributed by atoms with Crippen molar-refractivity contribution in [1.82, 2.24) is 0 Å². The van der Waals surface area contributed by atoms with Gasteiger partial charge in [-0.25, -0.2) is 0 Å². The number of hydrogen-bond donors (Lipinski definition) is 1. The first-order valence-electron chi connectivity index (χ1n) is 4.97. The summed E-state index contributed by atoms with van der Waals surface area (Å²) in [6.45, 7) is 0. The summed E-state index contributed by atoms with van der Waals surface area (Å²) in [6.07, 6.45) is -12.7. The van der Waals surface area contributed by atoms with Crippen LogP contribution in [0.2, 0.25) is 0 Å². The van der Waals surface area contributed by atoms with Crippen LogP contribution in [0.5, 0.6) is 0 Å². The zero-order valence-electron chi connectivity index (χ0n) is 9.22. The molecular formula is C11H8F6O2. The van der Waals surface area contributed by atoms with Crippen LogP contribution in [0.1, 0.15) is 23.7 Å². The quantitative estimate of drug-likeness (QED) is 0.866. The highest BCUT2D eigenvalue weighted by Gasteiger charge is 2.39. The van der Waals surface area contributed by atoms with Crippen molar-refractivity contribution < 1.29 is 36.2 Å². The highest BCUT2D eigenvalue weighted by Crippen LogP contribution is 2.31. The molecule has 1 unspecified atom stereocenters. The van der Waals surface area contributed by atoms with Crippen molar-refractivity contribution in [1.29, 1.82) is 0 Å². The first-order chi connectivity index (χ1) is 8.51. The van der Waals surface area contributed by atoms with Crippen LogP contribution in [-0.4, -0.2) is 17.1 Å². The van der Waals surface area contributed by atoms with E-state index in [0.717, 1.165) is 12.1 Å². The molecule has 0 radical (unpaired) electrons. The first kappa shape index (κ1) is 15.5. The zero-order chi connectivity index (χ0) is 14.8. The largest absolute Gasteiger partial charge is 0.450 e. The Morgan fingerprint density at radius 2 is 1.53 bits per heavy atom. The average molecular weight is 286 g/mol. The van der Waals surface area contributed by atoms with Gasteiger partial charge in [-0.2, -0.15) is 26.3 Å². The molecule has 0 saturated carbocycles. The van der Waals surface area contributed by atoms with Gasteiger partial charge < -0.3 is 5.11 Å². The number of benzene rings is 1. The normalized spacial score (nSPS) is 14.3. The van der Waals surface area contributed by atoms with Crippen LogP contribution in [-0.2, 0) is 11.0 Å². The number of aliphatic hydroxyl groups excluding tert-OH is 1. The van der Waals surface area contributed by atoms with Crippen molar-refractivity contribution in [2.75, 3.05) is 0 Å². The lowest BCUT2D eigenvalue weighted by molar-refractivity contribution is -0.173. The van der Waals surface area contributed by atoms with Crippen molar-refractivity contribution in [3.05, 3.63) is 35.4 Å². The Morgan fingerprint density at radius 3 is 1.89 bits per heavy atom. The summed E-state index contributed by atoms with van der Waals surface area (Å²) in [7, 11) is 0. The summed E-state index contributed by atoms with van der Waals surface area (Å²) >= 11 is 0. The molecule has 8 heteroatoms. The minimum Gasteiger partial charge on any atom is -0.388 e. The molecule has 1 N–H and O–H groups in total. The minimum absolute atomic E-state index is 0.189. The average Bonchev–Trinajstić information content (AvgIpc) is 2.26. The smallest absolute Gasteiger partial charge is 0.388 e. The van der Waals surface area contributed by atoms with E-state index >= 15 is 0 Å². The van der Waals surface area contributed by atoms with Crippen LogP contribution in [0.4, 0.5) is 26.3 Å². The molecule has 0 amide bonds. The monoisotopic (exact) mass is 286 g/mol. The van der Waals surface area contributed by atoms with Crippen LogP contribution in [0, 0.1) is 0 Å². The third-order valence-electron chi connectivity index (χ3n) is 2.32. The van der Waals surface area contributed by atoms with Gasteiger partial charge in [-0.15, -0.1) is 0 Å². The summed E-state index contributed by atoms with van der Waals surface area (Å²) < 4.78 is 72.5. The fourth-order valence-corrected chi connectivity index (χ4v) is 1.30. The summed E-state index contributed by atoms with van der Waals surface area (Å²) in [5, 5.41) is 9.35. The third kappa shape index (κ3) is 4.23. The molecular weight excluding hydrogens is 278 g/mol. The number of ketones is 1. The van der Waals surface area contributed by atoms with Crippen molar-refractivity contribution >= 4 is 5.78 Å². The predicted molar refractivity (Wildman–Crippen MR) is 52.1 cm³/mol. The van der Waals surface area contributed by atoms with E-state index in [1.54, 1.807) is 0 Å². The Kier molecular flexibility index (Phi) is 4.24. The molecule has 0 bridgehead atoms. The predicted octanol–water partition coefficient (Wildman–Crippen LogP) is 3.26. The molecule has 2 nitrogen and oxygen atoms in total. The Hall–Kier alpha value is -1.57. The number of halogens is 6. The molecule has 1 aromatic rings. The fourth-order valence-electron chi connectivity index (χ4n) is 1.30. The number of aliphatic hydroxyl groups is 1. The van der Waals surface area contributed by atoms with Gasteiger partial charge in [0.25, 0.3) is 0 Å². The molecule has 0 aliphatic carbocycles. The molecule has 1 atom stereocenters. The number of alkyl halides is 6. The van der Waals surface area contributed by atoms with Gasteiger partial charge in [-0.05, 0) is 17.7 Å². The van der Waals surface area contributed by atoms with Gasteiger partial charge in [-0.3, -0.25) is 4.79 Å². The Bertz CT molecular complexity index is 446. The van der Waals surface area contributed by atoms with E-state index < -0.39 is 36.2 Å². The topological polar surface area (TPSA) is 37.3 Å². The fraction of sp³-hybridized carbons (Fsp3) is 0.364. The summed E-state index contributed by atoms with van der Waals surface area (Å²) in [6, 6.07) is 2.90. The number of rotatable bonds is 3. The molecule has 19 heavy (non-hydrogen) atoms. The maximum atomic E-state index is 12.2. The molecule has 0 fully saturated rings. The van der Waals surface area contributed by atoms with Crippen LogP contribution in [0.25, 0.3) is 0 Å². The van der Waals surface area contributed by atoms with E-state index in [1.165, 1.54) is 0 Å². The second-order valence-corrected chi connectivity index (χ2v) is 3.76. The lowest BCUT2D eigenvalue weighted by atomic mass is 10.0. The number of carbonyl (C=O) groups excluding carboxylic acids is 1. The van der Waals surface area contributed by atoms with Crippen LogP contribution < -0.4 is 0 Å². The van der Waals surface area contributed by atoms with E-state index in [0.29, 0.717) is 12.1 Å². The minimum atomic E-state index is -5.08. The SMILES string of the molecule is O=C(CC(O)c1ccc(C(F)(F)F)cc1)C(F)(F)F. The number of hydrogen-bond acceptors (Lipinski definition) is 2. The van der Waals surface area contributed by atoms with E-state index in [2.05, 4.69) is 0 Å². The van der Waals surface area contributed by atoms with Gasteiger partial charge in [0.05, 0.1) is 11.7 Å². The highest BCUT2D eigenvalue weighted by atomic mass is 19.4. The maximum Gasteiger partial charge on any atom is 0.450 e. The van der Waals surface area contributed by atoms with Crippen molar-refractivity contribution in [3.8, 4) is 0 Å².